The van der Waals surface area contributed by atoms with Crippen LogP contribution in [0, 0.1) is 5.92 Å². The number of nitrogens with two attached hydrogens (primary N) is 1. The third kappa shape index (κ3) is 5.72. The second-order valence-corrected chi connectivity index (χ2v) is 8.72. The van der Waals surface area contributed by atoms with Crippen LogP contribution in [0.3, 0.4) is 0 Å². The van der Waals surface area contributed by atoms with E-state index in [9.17, 15) is 23.1 Å². The molecule has 27 heavy (non-hydrogen) atoms. The minimum atomic E-state index is -3.75. The third-order valence-corrected chi connectivity index (χ3v) is 6.54. The Hall–Kier alpha value is -2.04. The van der Waals surface area contributed by atoms with Gasteiger partial charge < -0.3 is 16.2 Å². The highest BCUT2D eigenvalue weighted by molar-refractivity contribution is 7.89. The number of nitrogens with one attached hydrogen (secondary N) is 1. The van der Waals surface area contributed by atoms with Crippen molar-refractivity contribution in [1.29, 1.82) is 0 Å². The zero-order valence-electron chi connectivity index (χ0n) is 15.2. The van der Waals surface area contributed by atoms with Crippen LogP contribution in [0.1, 0.15) is 32.6 Å². The van der Waals surface area contributed by atoms with Gasteiger partial charge in [0.15, 0.2) is 0 Å². The number of carbonyl (C=O) groups excluding carboxylic acids is 2. The van der Waals surface area contributed by atoms with Gasteiger partial charge in [0.05, 0.1) is 12.1 Å². The summed E-state index contributed by atoms with van der Waals surface area (Å²) in [5.74, 6) is -1.17. The highest BCUT2D eigenvalue weighted by Gasteiger charge is 2.33. The van der Waals surface area contributed by atoms with Crippen molar-refractivity contribution in [3.63, 3.8) is 0 Å². The Bertz CT molecular complexity index is 756. The lowest BCUT2D eigenvalue weighted by Crippen LogP contribution is -2.47. The molecule has 0 aliphatic carbocycles. The van der Waals surface area contributed by atoms with E-state index in [4.69, 9.17) is 5.73 Å². The molecule has 4 N–H and O–H groups in total. The molecule has 10 heteroatoms. The molecule has 9 nitrogen and oxygen atoms in total. The van der Waals surface area contributed by atoms with Crippen molar-refractivity contribution in [2.45, 2.75) is 49.6 Å². The van der Waals surface area contributed by atoms with E-state index in [0.29, 0.717) is 19.3 Å². The van der Waals surface area contributed by atoms with Crippen molar-refractivity contribution >= 4 is 21.8 Å². The normalized spacial score (nSPS) is 22.6. The second-order valence-electron chi connectivity index (χ2n) is 6.78. The number of β-amino-alcohol motifs (C(OH)–C–C–N with tert-alkyl or cyclic N) is 1. The summed E-state index contributed by atoms with van der Waals surface area (Å²) in [4.78, 5) is 27.0. The zero-order chi connectivity index (χ0) is 20.0. The van der Waals surface area contributed by atoms with Crippen LogP contribution >= 0.6 is 0 Å². The molecule has 1 saturated heterocycles. The number of carbonyl (C=O) groups is 2. The van der Waals surface area contributed by atoms with Crippen molar-refractivity contribution in [3.8, 4) is 0 Å². The first kappa shape index (κ1) is 21.3. The SMILES string of the molecule is CC(CCC(=O)NC1CCCN(S(=O)(=O)c2cccnc2)C[C@@H]1O)C(N)=O. The topological polar surface area (TPSA) is 143 Å². The van der Waals surface area contributed by atoms with Gasteiger partial charge in [-0.25, -0.2) is 8.42 Å². The quantitative estimate of drug-likeness (QED) is 0.571. The average Bonchev–Trinajstić information content (AvgIpc) is 2.82. The molecule has 0 aromatic carbocycles. The molecule has 2 unspecified atom stereocenters. The van der Waals surface area contributed by atoms with Crippen LogP contribution in [-0.2, 0) is 19.6 Å². The maximum atomic E-state index is 12.7. The van der Waals surface area contributed by atoms with Crippen molar-refractivity contribution in [2.75, 3.05) is 13.1 Å². The summed E-state index contributed by atoms with van der Waals surface area (Å²) in [6, 6.07) is 2.45. The molecule has 150 valence electrons. The fraction of sp³-hybridized carbons (Fsp3) is 0.588. The van der Waals surface area contributed by atoms with Gasteiger partial charge >= 0.3 is 0 Å². The number of primary amides is 1. The first-order chi connectivity index (χ1) is 12.7. The molecular formula is C17H26N4O5S. The molecule has 1 aliphatic rings. The Balaban J connectivity index is 1.97. The Morgan fingerprint density at radius 3 is 2.85 bits per heavy atom. The minimum Gasteiger partial charge on any atom is -0.390 e. The Kier molecular flexibility index (Phi) is 7.28. The number of rotatable bonds is 7. The number of pyridine rings is 1. The van der Waals surface area contributed by atoms with E-state index in [2.05, 4.69) is 10.3 Å². The van der Waals surface area contributed by atoms with Crippen LogP contribution in [0.2, 0.25) is 0 Å². The number of hydrogen-bond acceptors (Lipinski definition) is 6. The number of aliphatic hydroxyl groups excluding tert-OH is 1. The summed E-state index contributed by atoms with van der Waals surface area (Å²) in [6.45, 7) is 1.79. The first-order valence-corrected chi connectivity index (χ1v) is 10.3. The van der Waals surface area contributed by atoms with Gasteiger partial charge in [-0.15, -0.1) is 0 Å². The van der Waals surface area contributed by atoms with Crippen LogP contribution in [-0.4, -0.2) is 59.9 Å². The Morgan fingerprint density at radius 2 is 2.22 bits per heavy atom. The summed E-state index contributed by atoms with van der Waals surface area (Å²) in [7, 11) is -3.75. The molecule has 1 aliphatic heterocycles. The van der Waals surface area contributed by atoms with Gasteiger partial charge in [0.2, 0.25) is 21.8 Å². The van der Waals surface area contributed by atoms with Crippen LogP contribution < -0.4 is 11.1 Å². The lowest BCUT2D eigenvalue weighted by molar-refractivity contribution is -0.124. The average molecular weight is 398 g/mol. The van der Waals surface area contributed by atoms with Gasteiger partial charge in [-0.3, -0.25) is 14.6 Å². The highest BCUT2D eigenvalue weighted by Crippen LogP contribution is 2.20. The molecule has 2 rings (SSSR count). The summed E-state index contributed by atoms with van der Waals surface area (Å²) in [6.07, 6.45) is 3.12. The van der Waals surface area contributed by atoms with Gasteiger partial charge in [-0.1, -0.05) is 6.92 Å². The molecule has 0 spiro atoms. The first-order valence-electron chi connectivity index (χ1n) is 8.88. The predicted molar refractivity (Wildman–Crippen MR) is 97.8 cm³/mol. The molecule has 1 aromatic heterocycles. The molecule has 2 heterocycles. The van der Waals surface area contributed by atoms with Crippen LogP contribution in [0.25, 0.3) is 0 Å². The molecule has 1 aromatic rings. The number of aromatic nitrogens is 1. The number of nitrogens with zero attached hydrogens (tertiary/aromatic N) is 2. The predicted octanol–water partition coefficient (Wildman–Crippen LogP) is -0.387. The van der Waals surface area contributed by atoms with Gasteiger partial charge in [-0.05, 0) is 31.4 Å². The van der Waals surface area contributed by atoms with E-state index in [1.807, 2.05) is 0 Å². The Labute approximate surface area is 159 Å². The monoisotopic (exact) mass is 398 g/mol. The van der Waals surface area contributed by atoms with Crippen molar-refractivity contribution in [1.82, 2.24) is 14.6 Å². The van der Waals surface area contributed by atoms with E-state index >= 15 is 0 Å². The molecular weight excluding hydrogens is 372 g/mol. The number of aliphatic hydroxyl groups is 1. The maximum Gasteiger partial charge on any atom is 0.244 e. The van der Waals surface area contributed by atoms with Crippen LogP contribution in [0.4, 0.5) is 0 Å². The summed E-state index contributed by atoms with van der Waals surface area (Å²) < 4.78 is 26.6. The fourth-order valence-corrected chi connectivity index (χ4v) is 4.37. The lowest BCUT2D eigenvalue weighted by Gasteiger charge is -2.25. The summed E-state index contributed by atoms with van der Waals surface area (Å²) >= 11 is 0. The zero-order valence-corrected chi connectivity index (χ0v) is 16.1. The van der Waals surface area contributed by atoms with E-state index in [0.717, 1.165) is 0 Å². The van der Waals surface area contributed by atoms with E-state index < -0.39 is 34.0 Å². The molecule has 0 saturated carbocycles. The Morgan fingerprint density at radius 1 is 1.48 bits per heavy atom. The number of hydrogen-bond donors (Lipinski definition) is 3. The highest BCUT2D eigenvalue weighted by atomic mass is 32.2. The van der Waals surface area contributed by atoms with Crippen molar-refractivity contribution in [2.24, 2.45) is 11.7 Å². The van der Waals surface area contributed by atoms with E-state index in [1.165, 1.54) is 28.8 Å². The van der Waals surface area contributed by atoms with Gasteiger partial charge in [-0.2, -0.15) is 4.31 Å². The standard InChI is InChI=1S/C17H26N4O5S/c1-12(17(18)24)6-7-16(23)20-14-5-3-9-21(11-15(14)22)27(25,26)13-4-2-8-19-10-13/h2,4,8,10,12,14-15,22H,3,5-7,9,11H2,1H3,(H2,18,24)(H,20,23)/t12?,14?,15-/m0/s1. The maximum absolute atomic E-state index is 12.7. The van der Waals surface area contributed by atoms with Crippen LogP contribution in [0.5, 0.6) is 0 Å². The molecule has 2 amide bonds. The third-order valence-electron chi connectivity index (χ3n) is 4.69. The largest absolute Gasteiger partial charge is 0.390 e. The number of sulfonamides is 1. The summed E-state index contributed by atoms with van der Waals surface area (Å²) in [5, 5.41) is 13.2. The second kappa shape index (κ2) is 9.25. The van der Waals surface area contributed by atoms with Gasteiger partial charge in [0.25, 0.3) is 0 Å². The minimum absolute atomic E-state index is 0.0696. The van der Waals surface area contributed by atoms with Crippen molar-refractivity contribution < 1.29 is 23.1 Å². The fourth-order valence-electron chi connectivity index (χ4n) is 2.91. The van der Waals surface area contributed by atoms with E-state index in [-0.39, 0.29) is 30.3 Å². The van der Waals surface area contributed by atoms with Crippen LogP contribution in [0.15, 0.2) is 29.4 Å². The van der Waals surface area contributed by atoms with Gasteiger partial charge in [0.1, 0.15) is 4.90 Å². The molecule has 3 atom stereocenters. The number of amides is 2. The smallest absolute Gasteiger partial charge is 0.244 e. The lowest BCUT2D eigenvalue weighted by atomic mass is 10.0. The molecule has 1 fully saturated rings. The van der Waals surface area contributed by atoms with Gasteiger partial charge in [0, 0.05) is 37.8 Å². The summed E-state index contributed by atoms with van der Waals surface area (Å²) in [5.41, 5.74) is 5.18. The van der Waals surface area contributed by atoms with Crippen molar-refractivity contribution in [3.05, 3.63) is 24.5 Å². The molecule has 0 bridgehead atoms. The molecule has 0 radical (unpaired) electrons. The van der Waals surface area contributed by atoms with E-state index in [1.54, 1.807) is 6.92 Å².